The van der Waals surface area contributed by atoms with Gasteiger partial charge in [0.05, 0.1) is 17.8 Å². The van der Waals surface area contributed by atoms with Crippen molar-refractivity contribution in [2.75, 3.05) is 0 Å². The number of ether oxygens (including phenoxy) is 2. The van der Waals surface area contributed by atoms with Gasteiger partial charge in [-0.15, -0.1) is 0 Å². The van der Waals surface area contributed by atoms with Crippen LogP contribution in [0.15, 0.2) is 0 Å². The smallest absolute Gasteiger partial charge is 0.187 e. The molecule has 0 spiro atoms. The van der Waals surface area contributed by atoms with Crippen LogP contribution in [0.3, 0.4) is 0 Å². The van der Waals surface area contributed by atoms with Crippen LogP contribution in [0, 0.1) is 46.3 Å². The SMILES string of the molecule is CC(C)CCC[C@@H](C)[C@H]1CC[C@H]2[C@@H]3C[C@H](O[C@H]4O[C@H]([C@H](C)O)[C@@H](O)[C@@H]4O)[C@@]4(O)CCCC[C@]4(C)[C@H]3CC[C@]12C. The summed E-state index contributed by atoms with van der Waals surface area (Å²) in [6, 6.07) is 0. The number of aliphatic hydroxyl groups excluding tert-OH is 3. The van der Waals surface area contributed by atoms with Gasteiger partial charge in [-0.05, 0) is 92.8 Å². The molecule has 1 saturated heterocycles. The lowest BCUT2D eigenvalue weighted by Crippen LogP contribution is -2.68. The van der Waals surface area contributed by atoms with Crippen molar-refractivity contribution in [1.29, 1.82) is 0 Å². The maximum absolute atomic E-state index is 12.4. The van der Waals surface area contributed by atoms with Gasteiger partial charge in [-0.2, -0.15) is 0 Å². The summed E-state index contributed by atoms with van der Waals surface area (Å²) in [4.78, 5) is 0. The Bertz CT molecular complexity index is 848. The second-order valence-corrected chi connectivity index (χ2v) is 15.5. The molecule has 5 rings (SSSR count). The highest BCUT2D eigenvalue weighted by Crippen LogP contribution is 2.69. The number of rotatable bonds is 8. The topological polar surface area (TPSA) is 99.4 Å². The Balaban J connectivity index is 1.39. The minimum absolute atomic E-state index is 0.229. The standard InChI is InChI=1S/C33H58O6/c1-19(2)10-9-11-20(3)23-12-13-24-22-18-26(38-30-28(36)27(35)29(39-30)21(4)34)33(37)16-8-7-15-32(33,6)25(22)14-17-31(23,24)5/h19-30,34-37H,7-18H2,1-6H3/t20-,21+,22+,23-,24+,25+,26+,27+,28+,29-,30+,31-,32-,33+/m1/s1. The molecule has 226 valence electrons. The van der Waals surface area contributed by atoms with E-state index >= 15 is 0 Å². The van der Waals surface area contributed by atoms with E-state index in [1.54, 1.807) is 6.92 Å². The first-order valence-corrected chi connectivity index (χ1v) is 16.4. The van der Waals surface area contributed by atoms with E-state index in [4.69, 9.17) is 9.47 Å². The van der Waals surface area contributed by atoms with Crippen molar-refractivity contribution in [3.05, 3.63) is 0 Å². The van der Waals surface area contributed by atoms with Crippen LogP contribution < -0.4 is 0 Å². The zero-order valence-corrected chi connectivity index (χ0v) is 25.5. The number of aliphatic hydroxyl groups is 4. The van der Waals surface area contributed by atoms with Gasteiger partial charge >= 0.3 is 0 Å². The fourth-order valence-electron chi connectivity index (χ4n) is 10.8. The molecule has 6 heteroatoms. The molecule has 1 aliphatic heterocycles. The summed E-state index contributed by atoms with van der Waals surface area (Å²) in [6.45, 7) is 13.6. The lowest BCUT2D eigenvalue weighted by atomic mass is 9.42. The zero-order valence-electron chi connectivity index (χ0n) is 25.5. The van der Waals surface area contributed by atoms with Gasteiger partial charge in [-0.25, -0.2) is 0 Å². The van der Waals surface area contributed by atoms with Crippen LogP contribution >= 0.6 is 0 Å². The molecule has 14 atom stereocenters. The minimum atomic E-state index is -1.24. The van der Waals surface area contributed by atoms with Crippen LogP contribution in [-0.2, 0) is 9.47 Å². The van der Waals surface area contributed by atoms with E-state index in [0.717, 1.165) is 43.4 Å². The monoisotopic (exact) mass is 550 g/mol. The predicted molar refractivity (Wildman–Crippen MR) is 152 cm³/mol. The van der Waals surface area contributed by atoms with Crippen LogP contribution in [0.1, 0.15) is 119 Å². The molecular formula is C33H58O6. The quantitative estimate of drug-likeness (QED) is 0.321. The average Bonchev–Trinajstić information content (AvgIpc) is 3.36. The summed E-state index contributed by atoms with van der Waals surface area (Å²) in [5.74, 6) is 3.88. The van der Waals surface area contributed by atoms with Crippen LogP contribution in [0.4, 0.5) is 0 Å². The molecular weight excluding hydrogens is 492 g/mol. The van der Waals surface area contributed by atoms with Gasteiger partial charge in [0.1, 0.15) is 18.3 Å². The third kappa shape index (κ3) is 4.95. The molecule has 1 heterocycles. The molecule has 0 radical (unpaired) electrons. The third-order valence-corrected chi connectivity index (χ3v) is 13.0. The lowest BCUT2D eigenvalue weighted by molar-refractivity contribution is -0.304. The van der Waals surface area contributed by atoms with Crippen molar-refractivity contribution in [1.82, 2.24) is 0 Å². The highest BCUT2D eigenvalue weighted by Gasteiger charge is 2.67. The molecule has 5 fully saturated rings. The molecule has 4 aliphatic carbocycles. The highest BCUT2D eigenvalue weighted by molar-refractivity contribution is 5.17. The first kappa shape index (κ1) is 30.2. The van der Waals surface area contributed by atoms with Crippen molar-refractivity contribution >= 4 is 0 Å². The Labute approximate surface area is 237 Å². The molecule has 0 bridgehead atoms. The fourth-order valence-corrected chi connectivity index (χ4v) is 10.8. The van der Waals surface area contributed by atoms with Crippen LogP contribution in [0.25, 0.3) is 0 Å². The van der Waals surface area contributed by atoms with E-state index in [1.165, 1.54) is 44.9 Å². The fraction of sp³-hybridized carbons (Fsp3) is 1.00. The first-order valence-electron chi connectivity index (χ1n) is 16.4. The zero-order chi connectivity index (χ0) is 28.3. The van der Waals surface area contributed by atoms with Crippen molar-refractivity contribution in [3.8, 4) is 0 Å². The van der Waals surface area contributed by atoms with Gasteiger partial charge in [0, 0.05) is 5.41 Å². The Morgan fingerprint density at radius 3 is 2.28 bits per heavy atom. The van der Waals surface area contributed by atoms with E-state index < -0.39 is 42.4 Å². The third-order valence-electron chi connectivity index (χ3n) is 13.0. The van der Waals surface area contributed by atoms with E-state index in [2.05, 4.69) is 34.6 Å². The molecule has 0 unspecified atom stereocenters. The Morgan fingerprint density at radius 1 is 0.897 bits per heavy atom. The van der Waals surface area contributed by atoms with Gasteiger partial charge in [-0.1, -0.05) is 66.7 Å². The molecule has 39 heavy (non-hydrogen) atoms. The largest absolute Gasteiger partial charge is 0.391 e. The van der Waals surface area contributed by atoms with E-state index in [-0.39, 0.29) is 5.41 Å². The normalized spacial score (nSPS) is 51.3. The van der Waals surface area contributed by atoms with Crippen LogP contribution in [0.5, 0.6) is 0 Å². The molecule has 5 aliphatic rings. The summed E-state index contributed by atoms with van der Waals surface area (Å²) in [5, 5.41) is 43.8. The van der Waals surface area contributed by atoms with Gasteiger partial charge in [0.25, 0.3) is 0 Å². The summed E-state index contributed by atoms with van der Waals surface area (Å²) < 4.78 is 12.4. The number of hydrogen-bond donors (Lipinski definition) is 4. The molecule has 0 aromatic carbocycles. The van der Waals surface area contributed by atoms with Gasteiger partial charge in [0.15, 0.2) is 6.29 Å². The number of hydrogen-bond acceptors (Lipinski definition) is 6. The van der Waals surface area contributed by atoms with Crippen molar-refractivity contribution < 1.29 is 29.9 Å². The maximum Gasteiger partial charge on any atom is 0.187 e. The van der Waals surface area contributed by atoms with E-state index in [0.29, 0.717) is 29.6 Å². The lowest BCUT2D eigenvalue weighted by Gasteiger charge is -2.65. The Hall–Kier alpha value is -0.240. The van der Waals surface area contributed by atoms with E-state index in [1.807, 2.05) is 0 Å². The maximum atomic E-state index is 12.4. The van der Waals surface area contributed by atoms with Crippen molar-refractivity contribution in [2.24, 2.45) is 46.3 Å². The molecule has 0 aromatic heterocycles. The van der Waals surface area contributed by atoms with E-state index in [9.17, 15) is 20.4 Å². The van der Waals surface area contributed by atoms with Gasteiger partial charge in [-0.3, -0.25) is 0 Å². The highest BCUT2D eigenvalue weighted by atomic mass is 16.7. The molecule has 6 nitrogen and oxygen atoms in total. The van der Waals surface area contributed by atoms with Crippen LogP contribution in [0.2, 0.25) is 0 Å². The average molecular weight is 551 g/mol. The Kier molecular flexibility index (Phi) is 8.61. The molecule has 4 saturated carbocycles. The second kappa shape index (κ2) is 11.1. The predicted octanol–water partition coefficient (Wildman–Crippen LogP) is 5.44. The minimum Gasteiger partial charge on any atom is -0.391 e. The Morgan fingerprint density at radius 2 is 1.62 bits per heavy atom. The van der Waals surface area contributed by atoms with Gasteiger partial charge < -0.3 is 29.9 Å². The number of fused-ring (bicyclic) bond motifs is 5. The summed E-state index contributed by atoms with van der Waals surface area (Å²) in [5.41, 5.74) is -0.868. The van der Waals surface area contributed by atoms with Crippen molar-refractivity contribution in [3.63, 3.8) is 0 Å². The first-order chi connectivity index (χ1) is 18.3. The van der Waals surface area contributed by atoms with Crippen molar-refractivity contribution in [2.45, 2.75) is 161 Å². The summed E-state index contributed by atoms with van der Waals surface area (Å²) >= 11 is 0. The van der Waals surface area contributed by atoms with Crippen LogP contribution in [-0.4, -0.2) is 62.8 Å². The molecule has 4 N–H and O–H groups in total. The summed E-state index contributed by atoms with van der Waals surface area (Å²) in [6.07, 6.45) is 7.88. The van der Waals surface area contributed by atoms with Gasteiger partial charge in [0.2, 0.25) is 0 Å². The summed E-state index contributed by atoms with van der Waals surface area (Å²) in [7, 11) is 0. The molecule has 0 aromatic rings. The molecule has 0 amide bonds. The second-order valence-electron chi connectivity index (χ2n) is 15.5.